The molecule has 3 heterocycles. The third-order valence-corrected chi connectivity index (χ3v) is 7.54. The summed E-state index contributed by atoms with van der Waals surface area (Å²) in [5, 5.41) is 5.52. The first-order valence-electron chi connectivity index (χ1n) is 13.7. The summed E-state index contributed by atoms with van der Waals surface area (Å²) in [6.45, 7) is 12.3. The molecule has 1 aliphatic carbocycles. The van der Waals surface area contributed by atoms with E-state index in [-0.39, 0.29) is 30.0 Å². The van der Waals surface area contributed by atoms with Gasteiger partial charge in [-0.05, 0) is 87.9 Å². The summed E-state index contributed by atoms with van der Waals surface area (Å²) in [7, 11) is 2.59. The standard InChI is InChI=1S/C29H38N5O5P/c1-27(2,3)38-24(35)14-18-7-8-21-19(13-18)25(32-34(21)40)20-15-30-16-23(31-20)37-22-17-33(12-11-29(22)9-10-29)26(36)39-28(4,5)6/h7-8,13,15-16,22H,9-12,14,17,40H2,1-6H3/t22-/m0/s1. The molecule has 0 bridgehead atoms. The Morgan fingerprint density at radius 3 is 2.45 bits per heavy atom. The lowest BCUT2D eigenvalue weighted by Crippen LogP contribution is -2.51. The summed E-state index contributed by atoms with van der Waals surface area (Å²) in [5.41, 5.74) is 1.84. The Morgan fingerprint density at radius 2 is 1.77 bits per heavy atom. The molecule has 1 saturated heterocycles. The number of hydrogen-bond acceptors (Lipinski definition) is 8. The molecule has 1 aliphatic heterocycles. The number of nitrogens with zero attached hydrogens (tertiary/aromatic N) is 5. The molecule has 11 heteroatoms. The zero-order chi connectivity index (χ0) is 28.9. The van der Waals surface area contributed by atoms with Gasteiger partial charge in [0.05, 0.1) is 30.9 Å². The third kappa shape index (κ3) is 6.38. The highest BCUT2D eigenvalue weighted by atomic mass is 31.0. The maximum atomic E-state index is 12.8. The monoisotopic (exact) mass is 567 g/mol. The van der Waals surface area contributed by atoms with Crippen LogP contribution in [0.3, 0.4) is 0 Å². The smallest absolute Gasteiger partial charge is 0.410 e. The summed E-state index contributed by atoms with van der Waals surface area (Å²) in [6.07, 6.45) is 5.88. The zero-order valence-electron chi connectivity index (χ0n) is 24.1. The van der Waals surface area contributed by atoms with Gasteiger partial charge in [-0.1, -0.05) is 6.07 Å². The van der Waals surface area contributed by atoms with Crippen molar-refractivity contribution in [2.45, 2.75) is 84.5 Å². The molecule has 40 heavy (non-hydrogen) atoms. The maximum Gasteiger partial charge on any atom is 0.410 e. The molecular weight excluding hydrogens is 529 g/mol. The average molecular weight is 568 g/mol. The summed E-state index contributed by atoms with van der Waals surface area (Å²) >= 11 is 0. The van der Waals surface area contributed by atoms with Gasteiger partial charge in [0.2, 0.25) is 5.88 Å². The van der Waals surface area contributed by atoms with Gasteiger partial charge in [0.15, 0.2) is 0 Å². The summed E-state index contributed by atoms with van der Waals surface area (Å²) < 4.78 is 19.2. The Labute approximate surface area is 237 Å². The van der Waals surface area contributed by atoms with Crippen molar-refractivity contribution in [2.75, 3.05) is 13.1 Å². The first-order valence-corrected chi connectivity index (χ1v) is 14.2. The van der Waals surface area contributed by atoms with E-state index < -0.39 is 11.2 Å². The Morgan fingerprint density at radius 1 is 1.05 bits per heavy atom. The number of carbonyl (C=O) groups is 2. The lowest BCUT2D eigenvalue weighted by Gasteiger charge is -2.39. The number of piperidine rings is 1. The topological polar surface area (TPSA) is 109 Å². The molecule has 0 N–H and O–H groups in total. The van der Waals surface area contributed by atoms with Gasteiger partial charge < -0.3 is 19.1 Å². The van der Waals surface area contributed by atoms with E-state index in [1.807, 2.05) is 59.7 Å². The normalized spacial score (nSPS) is 18.6. The van der Waals surface area contributed by atoms with Gasteiger partial charge in [0.25, 0.3) is 0 Å². The second-order valence-electron chi connectivity index (χ2n) is 12.8. The van der Waals surface area contributed by atoms with E-state index in [0.29, 0.717) is 30.4 Å². The largest absolute Gasteiger partial charge is 0.471 e. The zero-order valence-corrected chi connectivity index (χ0v) is 25.2. The van der Waals surface area contributed by atoms with Crippen LogP contribution in [0.4, 0.5) is 4.79 Å². The van der Waals surface area contributed by atoms with Crippen LogP contribution in [0, 0.1) is 5.41 Å². The Kier molecular flexibility index (Phi) is 7.27. The van der Waals surface area contributed by atoms with Crippen molar-refractivity contribution >= 4 is 32.4 Å². The number of benzene rings is 1. The van der Waals surface area contributed by atoms with Gasteiger partial charge in [0.1, 0.15) is 28.7 Å². The van der Waals surface area contributed by atoms with Gasteiger partial charge in [0, 0.05) is 17.3 Å². The molecule has 2 aromatic heterocycles. The highest BCUT2D eigenvalue weighted by Crippen LogP contribution is 2.54. The van der Waals surface area contributed by atoms with Crippen LogP contribution in [0.25, 0.3) is 22.3 Å². The minimum absolute atomic E-state index is 0.0566. The van der Waals surface area contributed by atoms with Crippen molar-refractivity contribution < 1.29 is 23.8 Å². The van der Waals surface area contributed by atoms with Crippen molar-refractivity contribution in [2.24, 2.45) is 5.41 Å². The van der Waals surface area contributed by atoms with E-state index in [1.54, 1.807) is 21.7 Å². The molecule has 0 radical (unpaired) electrons. The van der Waals surface area contributed by atoms with Gasteiger partial charge >= 0.3 is 12.1 Å². The SMILES string of the molecule is CC(C)(C)OC(=O)Cc1ccc2c(c1)c(-c1cncc(O[C@H]3CN(C(=O)OC(C)(C)C)CCC34CC4)n1)nn2P. The first-order chi connectivity index (χ1) is 18.7. The van der Waals surface area contributed by atoms with Gasteiger partial charge in [-0.25, -0.2) is 14.2 Å². The number of fused-ring (bicyclic) bond motifs is 1. The number of likely N-dealkylation sites (tertiary alicyclic amines) is 1. The maximum absolute atomic E-state index is 12.8. The predicted octanol–water partition coefficient (Wildman–Crippen LogP) is 5.18. The van der Waals surface area contributed by atoms with Crippen LogP contribution in [0.15, 0.2) is 30.6 Å². The molecule has 1 amide bonds. The van der Waals surface area contributed by atoms with Crippen LogP contribution in [0.5, 0.6) is 5.88 Å². The van der Waals surface area contributed by atoms with Crippen molar-refractivity contribution in [3.63, 3.8) is 0 Å². The molecule has 1 spiro atoms. The van der Waals surface area contributed by atoms with Crippen molar-refractivity contribution in [1.82, 2.24) is 24.4 Å². The lowest BCUT2D eigenvalue weighted by atomic mass is 9.90. The number of aromatic nitrogens is 4. The van der Waals surface area contributed by atoms with Gasteiger partial charge in [-0.2, -0.15) is 5.10 Å². The predicted molar refractivity (Wildman–Crippen MR) is 154 cm³/mol. The van der Waals surface area contributed by atoms with E-state index in [9.17, 15) is 9.59 Å². The highest BCUT2D eigenvalue weighted by molar-refractivity contribution is 7.14. The minimum Gasteiger partial charge on any atom is -0.471 e. The average Bonchev–Trinajstić information content (AvgIpc) is 3.54. The molecule has 2 fully saturated rings. The van der Waals surface area contributed by atoms with E-state index in [0.717, 1.165) is 35.7 Å². The first kappa shape index (κ1) is 28.3. The molecule has 10 nitrogen and oxygen atoms in total. The van der Waals surface area contributed by atoms with Crippen LogP contribution in [0.1, 0.15) is 66.4 Å². The Balaban J connectivity index is 1.37. The molecule has 1 unspecified atom stereocenters. The molecule has 5 rings (SSSR count). The minimum atomic E-state index is -0.557. The quantitative estimate of drug-likeness (QED) is 0.306. The lowest BCUT2D eigenvalue weighted by molar-refractivity contribution is -0.153. The second-order valence-corrected chi connectivity index (χ2v) is 13.3. The van der Waals surface area contributed by atoms with Crippen LogP contribution in [0.2, 0.25) is 0 Å². The Hall–Kier alpha value is -3.26. The van der Waals surface area contributed by atoms with Crippen molar-refractivity contribution in [3.05, 3.63) is 36.2 Å². The third-order valence-electron chi connectivity index (χ3n) is 7.15. The molecule has 1 aromatic carbocycles. The fourth-order valence-electron chi connectivity index (χ4n) is 5.09. The van der Waals surface area contributed by atoms with Crippen LogP contribution in [-0.2, 0) is 20.7 Å². The second kappa shape index (κ2) is 10.3. The van der Waals surface area contributed by atoms with Crippen LogP contribution >= 0.6 is 9.39 Å². The van der Waals surface area contributed by atoms with E-state index in [2.05, 4.69) is 19.5 Å². The van der Waals surface area contributed by atoms with E-state index in [1.165, 1.54) is 0 Å². The molecule has 3 aromatic rings. The molecule has 214 valence electrons. The number of ether oxygens (including phenoxy) is 3. The Bertz CT molecular complexity index is 1440. The number of esters is 1. The fourth-order valence-corrected chi connectivity index (χ4v) is 5.43. The van der Waals surface area contributed by atoms with Gasteiger partial charge in [-0.3, -0.25) is 9.78 Å². The van der Waals surface area contributed by atoms with Gasteiger partial charge in [-0.15, -0.1) is 0 Å². The summed E-state index contributed by atoms with van der Waals surface area (Å²) in [6, 6.07) is 5.77. The van der Waals surface area contributed by atoms with E-state index >= 15 is 0 Å². The van der Waals surface area contributed by atoms with Crippen LogP contribution < -0.4 is 4.74 Å². The van der Waals surface area contributed by atoms with E-state index in [4.69, 9.17) is 19.2 Å². The van der Waals surface area contributed by atoms with Crippen molar-refractivity contribution in [1.29, 1.82) is 0 Å². The number of rotatable bonds is 5. The summed E-state index contributed by atoms with van der Waals surface area (Å²) in [5.74, 6) is 0.0972. The molecule has 2 atom stereocenters. The van der Waals surface area contributed by atoms with Crippen molar-refractivity contribution in [3.8, 4) is 17.3 Å². The molecule has 2 aliphatic rings. The summed E-state index contributed by atoms with van der Waals surface area (Å²) in [4.78, 5) is 36.1. The van der Waals surface area contributed by atoms with Crippen LogP contribution in [-0.4, -0.2) is 66.9 Å². The number of amides is 1. The highest BCUT2D eigenvalue weighted by Gasteiger charge is 2.54. The number of hydrogen-bond donors (Lipinski definition) is 0. The fraction of sp³-hybridized carbons (Fsp3) is 0.552. The molecular formula is C29H38N5O5P. The molecule has 1 saturated carbocycles. The number of carbonyl (C=O) groups excluding carboxylic acids is 2.